The second kappa shape index (κ2) is 11.0. The van der Waals surface area contributed by atoms with Gasteiger partial charge in [0.2, 0.25) is 0 Å². The summed E-state index contributed by atoms with van der Waals surface area (Å²) < 4.78 is 12.8. The van der Waals surface area contributed by atoms with Crippen molar-refractivity contribution in [3.8, 4) is 22.3 Å². The number of para-hydroxylation sites is 3. The summed E-state index contributed by atoms with van der Waals surface area (Å²) in [6.07, 6.45) is 0. The Morgan fingerprint density at radius 3 is 1.90 bits per heavy atom. The summed E-state index contributed by atoms with van der Waals surface area (Å²) in [4.78, 5) is 2.31. The van der Waals surface area contributed by atoms with Crippen molar-refractivity contribution in [1.82, 2.24) is 0 Å². The molecular weight excluding hydrogens is 599 g/mol. The van der Waals surface area contributed by atoms with Crippen LogP contribution >= 0.6 is 0 Å². The highest BCUT2D eigenvalue weighted by Crippen LogP contribution is 2.44. The van der Waals surface area contributed by atoms with Gasteiger partial charge < -0.3 is 13.7 Å². The van der Waals surface area contributed by atoms with E-state index in [9.17, 15) is 0 Å². The Labute approximate surface area is 282 Å². The third kappa shape index (κ3) is 4.51. The summed E-state index contributed by atoms with van der Waals surface area (Å²) in [6, 6.07) is 62.1. The maximum absolute atomic E-state index is 6.59. The van der Waals surface area contributed by atoms with Crippen LogP contribution in [0.25, 0.3) is 76.9 Å². The molecule has 230 valence electrons. The Kier molecular flexibility index (Phi) is 6.18. The largest absolute Gasteiger partial charge is 0.456 e. The molecule has 0 aliphatic rings. The molecule has 2 aromatic heterocycles. The van der Waals surface area contributed by atoms with E-state index in [1.807, 2.05) is 30.3 Å². The van der Waals surface area contributed by atoms with Gasteiger partial charge in [0.25, 0.3) is 0 Å². The summed E-state index contributed by atoms with van der Waals surface area (Å²) in [6.45, 7) is 0. The lowest BCUT2D eigenvalue weighted by atomic mass is 9.98. The number of hydrogen-bond acceptors (Lipinski definition) is 3. The van der Waals surface area contributed by atoms with E-state index in [0.717, 1.165) is 77.6 Å². The van der Waals surface area contributed by atoms with Crippen LogP contribution in [-0.2, 0) is 0 Å². The number of rotatable bonds is 5. The van der Waals surface area contributed by atoms with Crippen molar-refractivity contribution >= 4 is 71.7 Å². The zero-order valence-electron chi connectivity index (χ0n) is 26.5. The van der Waals surface area contributed by atoms with Crippen LogP contribution in [0.2, 0.25) is 0 Å². The molecule has 0 unspecified atom stereocenters. The fraction of sp³-hybridized carbons (Fsp3) is 0. The van der Waals surface area contributed by atoms with Gasteiger partial charge >= 0.3 is 0 Å². The van der Waals surface area contributed by atoms with Gasteiger partial charge in [0.15, 0.2) is 5.58 Å². The van der Waals surface area contributed by atoms with Crippen LogP contribution < -0.4 is 4.90 Å². The van der Waals surface area contributed by atoms with E-state index in [-0.39, 0.29) is 0 Å². The Morgan fingerprint density at radius 2 is 1.02 bits per heavy atom. The van der Waals surface area contributed by atoms with Crippen molar-refractivity contribution < 1.29 is 8.83 Å². The second-order valence-corrected chi connectivity index (χ2v) is 12.5. The van der Waals surface area contributed by atoms with Gasteiger partial charge in [-0.25, -0.2) is 0 Å². The molecule has 0 fully saturated rings. The molecule has 0 spiro atoms. The Bertz CT molecular complexity index is 2840. The normalized spacial score (nSPS) is 11.7. The number of benzene rings is 8. The van der Waals surface area contributed by atoms with Crippen molar-refractivity contribution in [3.05, 3.63) is 176 Å². The van der Waals surface area contributed by atoms with Gasteiger partial charge in [-0.2, -0.15) is 0 Å². The lowest BCUT2D eigenvalue weighted by molar-refractivity contribution is 0.668. The third-order valence-corrected chi connectivity index (χ3v) is 9.65. The van der Waals surface area contributed by atoms with Gasteiger partial charge in [0, 0.05) is 32.9 Å². The maximum Gasteiger partial charge on any atom is 0.159 e. The SMILES string of the molecule is c1cc(-c2ccc3ccccc3c2)cc(N(c2ccc(-c3cccc4oc5ccccc5c34)cc2)c2cccc3c2oc2ccccc23)c1. The predicted octanol–water partition coefficient (Wildman–Crippen LogP) is 13.4. The Hall–Kier alpha value is -6.58. The molecule has 49 heavy (non-hydrogen) atoms. The summed E-state index contributed by atoms with van der Waals surface area (Å²) in [5.74, 6) is 0. The van der Waals surface area contributed by atoms with E-state index >= 15 is 0 Å². The Balaban J connectivity index is 1.15. The molecule has 0 atom stereocenters. The quantitative estimate of drug-likeness (QED) is 0.190. The van der Waals surface area contributed by atoms with Crippen LogP contribution in [-0.4, -0.2) is 0 Å². The molecule has 3 heteroatoms. The Morgan fingerprint density at radius 1 is 0.367 bits per heavy atom. The molecule has 0 saturated carbocycles. The van der Waals surface area contributed by atoms with E-state index in [0.29, 0.717) is 0 Å². The number of fused-ring (bicyclic) bond motifs is 7. The minimum Gasteiger partial charge on any atom is -0.456 e. The minimum atomic E-state index is 0.860. The molecule has 0 amide bonds. The standard InChI is InChI=1S/C46H29NO2/c1-2-11-32-28-34(23-22-30(32)10-1)33-12-7-13-36(29-33)47(41-18-8-17-39-38-14-3-5-19-42(38)49-46(39)41)35-26-24-31(25-27-35)37-16-9-21-44-45(37)40-15-4-6-20-43(40)48-44/h1-29H. The maximum atomic E-state index is 6.59. The first-order chi connectivity index (χ1) is 24.3. The van der Waals surface area contributed by atoms with Gasteiger partial charge in [0.1, 0.15) is 16.7 Å². The topological polar surface area (TPSA) is 29.5 Å². The highest BCUT2D eigenvalue weighted by molar-refractivity contribution is 6.13. The molecule has 2 heterocycles. The van der Waals surface area contributed by atoms with Crippen molar-refractivity contribution in [2.24, 2.45) is 0 Å². The fourth-order valence-corrected chi connectivity index (χ4v) is 7.33. The number of nitrogens with zero attached hydrogens (tertiary/aromatic N) is 1. The van der Waals surface area contributed by atoms with E-state index in [4.69, 9.17) is 8.83 Å². The molecule has 10 rings (SSSR count). The van der Waals surface area contributed by atoms with Crippen molar-refractivity contribution in [1.29, 1.82) is 0 Å². The molecule has 8 aromatic carbocycles. The highest BCUT2D eigenvalue weighted by atomic mass is 16.3. The van der Waals surface area contributed by atoms with Crippen LogP contribution in [0, 0.1) is 0 Å². The van der Waals surface area contributed by atoms with E-state index in [1.54, 1.807) is 0 Å². The van der Waals surface area contributed by atoms with Gasteiger partial charge in [-0.05, 0) is 87.6 Å². The average molecular weight is 628 g/mol. The zero-order chi connectivity index (χ0) is 32.3. The van der Waals surface area contributed by atoms with Gasteiger partial charge in [0.05, 0.1) is 5.69 Å². The third-order valence-electron chi connectivity index (χ3n) is 9.65. The monoisotopic (exact) mass is 627 g/mol. The van der Waals surface area contributed by atoms with Crippen molar-refractivity contribution in [2.45, 2.75) is 0 Å². The summed E-state index contributed by atoms with van der Waals surface area (Å²) in [5.41, 5.74) is 11.2. The zero-order valence-corrected chi connectivity index (χ0v) is 26.5. The van der Waals surface area contributed by atoms with E-state index in [2.05, 4.69) is 150 Å². The van der Waals surface area contributed by atoms with Gasteiger partial charge in [-0.1, -0.05) is 121 Å². The first-order valence-electron chi connectivity index (χ1n) is 16.6. The molecule has 0 N–H and O–H groups in total. The number of hydrogen-bond donors (Lipinski definition) is 0. The number of anilines is 3. The first kappa shape index (κ1) is 27.5. The van der Waals surface area contributed by atoms with Gasteiger partial charge in [-0.15, -0.1) is 0 Å². The minimum absolute atomic E-state index is 0.860. The molecule has 0 radical (unpaired) electrons. The molecule has 0 bridgehead atoms. The lowest BCUT2D eigenvalue weighted by Gasteiger charge is -2.26. The molecule has 0 aliphatic heterocycles. The summed E-state index contributed by atoms with van der Waals surface area (Å²) >= 11 is 0. The summed E-state index contributed by atoms with van der Waals surface area (Å²) in [7, 11) is 0. The number of furan rings is 2. The smallest absolute Gasteiger partial charge is 0.159 e. The van der Waals surface area contributed by atoms with Crippen LogP contribution in [0.3, 0.4) is 0 Å². The summed E-state index contributed by atoms with van der Waals surface area (Å²) in [5, 5.41) is 6.93. The molecule has 0 saturated heterocycles. The first-order valence-corrected chi connectivity index (χ1v) is 16.6. The van der Waals surface area contributed by atoms with Crippen LogP contribution in [0.15, 0.2) is 185 Å². The molecule has 3 nitrogen and oxygen atoms in total. The van der Waals surface area contributed by atoms with Crippen LogP contribution in [0.4, 0.5) is 17.1 Å². The highest BCUT2D eigenvalue weighted by Gasteiger charge is 2.20. The fourth-order valence-electron chi connectivity index (χ4n) is 7.33. The second-order valence-electron chi connectivity index (χ2n) is 12.5. The molecule has 10 aromatic rings. The van der Waals surface area contributed by atoms with Gasteiger partial charge in [-0.3, -0.25) is 0 Å². The van der Waals surface area contributed by atoms with Crippen molar-refractivity contribution in [3.63, 3.8) is 0 Å². The van der Waals surface area contributed by atoms with Crippen LogP contribution in [0.1, 0.15) is 0 Å². The van der Waals surface area contributed by atoms with E-state index < -0.39 is 0 Å². The van der Waals surface area contributed by atoms with Crippen LogP contribution in [0.5, 0.6) is 0 Å². The average Bonchev–Trinajstić information content (AvgIpc) is 3.74. The molecule has 0 aliphatic carbocycles. The van der Waals surface area contributed by atoms with Crippen molar-refractivity contribution in [2.75, 3.05) is 4.90 Å². The lowest BCUT2D eigenvalue weighted by Crippen LogP contribution is -2.10. The van der Waals surface area contributed by atoms with E-state index in [1.165, 1.54) is 16.3 Å². The molecular formula is C46H29NO2. The predicted molar refractivity (Wildman–Crippen MR) is 204 cm³/mol.